The summed E-state index contributed by atoms with van der Waals surface area (Å²) in [7, 11) is -2.88. The molecule has 0 unspecified atom stereocenters. The molecular weight excluding hydrogens is 467 g/mol. The summed E-state index contributed by atoms with van der Waals surface area (Å²) in [6.45, 7) is 0. The number of carboxylic acids is 1. The number of anilines is 1. The molecule has 0 amide bonds. The van der Waals surface area contributed by atoms with Crippen molar-refractivity contribution in [3.63, 3.8) is 0 Å². The molecule has 0 bridgehead atoms. The average Bonchev–Trinajstić information content (AvgIpc) is 3.29. The minimum Gasteiger partial charge on any atom is -0.495 e. The van der Waals surface area contributed by atoms with E-state index < -0.39 is 21.8 Å². The van der Waals surface area contributed by atoms with Gasteiger partial charge in [-0.25, -0.2) is 22.6 Å². The second kappa shape index (κ2) is 9.00. The molecule has 3 aromatic carbocycles. The van der Waals surface area contributed by atoms with Crippen LogP contribution in [0.4, 0.5) is 10.1 Å². The topological polar surface area (TPSA) is 106 Å². The van der Waals surface area contributed by atoms with Crippen LogP contribution in [0.3, 0.4) is 0 Å². The minimum absolute atomic E-state index is 0.0219. The first-order valence-electron chi connectivity index (χ1n) is 9.54. The van der Waals surface area contributed by atoms with Gasteiger partial charge in [-0.2, -0.15) is 0 Å². The van der Waals surface area contributed by atoms with Gasteiger partial charge in [0.05, 0.1) is 28.1 Å². The van der Waals surface area contributed by atoms with Crippen LogP contribution in [0.15, 0.2) is 77.8 Å². The molecule has 1 heterocycles. The number of thiazole rings is 1. The smallest absolute Gasteiger partial charge is 0.335 e. The number of benzene rings is 3. The maximum Gasteiger partial charge on any atom is 0.335 e. The lowest BCUT2D eigenvalue weighted by Gasteiger charge is -2.13. The van der Waals surface area contributed by atoms with Crippen LogP contribution in [-0.4, -0.2) is 31.6 Å². The summed E-state index contributed by atoms with van der Waals surface area (Å²) in [5.74, 6) is -1.87. The van der Waals surface area contributed by atoms with Gasteiger partial charge in [-0.15, -0.1) is 11.3 Å². The van der Waals surface area contributed by atoms with Crippen LogP contribution in [0, 0.1) is 5.82 Å². The third-order valence-corrected chi connectivity index (χ3v) is 7.18. The lowest BCUT2D eigenvalue weighted by molar-refractivity contribution is 0.0696. The van der Waals surface area contributed by atoms with Gasteiger partial charge in [0, 0.05) is 17.3 Å². The second-order valence-electron chi connectivity index (χ2n) is 6.86. The van der Waals surface area contributed by atoms with E-state index in [1.54, 1.807) is 6.20 Å². The van der Waals surface area contributed by atoms with Crippen LogP contribution in [0.1, 0.15) is 10.4 Å². The Balaban J connectivity index is 1.61. The van der Waals surface area contributed by atoms with Crippen molar-refractivity contribution in [1.29, 1.82) is 0 Å². The molecule has 0 spiro atoms. The molecule has 0 saturated carbocycles. The minimum atomic E-state index is -4.17. The number of nitrogens with zero attached hydrogens (tertiary/aromatic N) is 1. The fraction of sp³-hybridized carbons (Fsp3) is 0.0435. The van der Waals surface area contributed by atoms with Crippen LogP contribution in [0.25, 0.3) is 21.0 Å². The fourth-order valence-electron chi connectivity index (χ4n) is 3.09. The number of aromatic carboxylic acids is 1. The fourth-order valence-corrected chi connectivity index (χ4v) is 5.12. The molecular formula is C23H17FN2O5S2. The number of nitrogens with one attached hydrogen (secondary N) is 1. The highest BCUT2D eigenvalue weighted by atomic mass is 32.2. The molecule has 0 aliphatic rings. The van der Waals surface area contributed by atoms with Crippen molar-refractivity contribution in [3.05, 3.63) is 84.3 Å². The van der Waals surface area contributed by atoms with E-state index in [9.17, 15) is 17.6 Å². The standard InChI is InChI=1S/C23H17FN2O5S2/c1-31-20-11-15(23(27)28)7-10-19(20)26-33(29,30)16-8-9-17(18(24)12-16)21-13-25-22(32-21)14-5-3-2-4-6-14/h2-13,26H,1H3,(H,27,28). The maximum atomic E-state index is 14.9. The number of rotatable bonds is 7. The number of carbonyl (C=O) groups is 1. The third-order valence-electron chi connectivity index (χ3n) is 4.74. The Morgan fingerprint density at radius 1 is 1.09 bits per heavy atom. The van der Waals surface area contributed by atoms with Crippen molar-refractivity contribution in [2.45, 2.75) is 4.90 Å². The van der Waals surface area contributed by atoms with E-state index in [1.807, 2.05) is 30.3 Å². The molecule has 4 aromatic rings. The second-order valence-corrected chi connectivity index (χ2v) is 9.58. The number of ether oxygens (including phenoxy) is 1. The monoisotopic (exact) mass is 484 g/mol. The zero-order valence-electron chi connectivity index (χ0n) is 17.2. The molecule has 4 rings (SSSR count). The normalized spacial score (nSPS) is 11.2. The molecule has 1 aromatic heterocycles. The van der Waals surface area contributed by atoms with E-state index >= 15 is 0 Å². The number of hydrogen-bond donors (Lipinski definition) is 2. The van der Waals surface area contributed by atoms with Gasteiger partial charge >= 0.3 is 5.97 Å². The molecule has 10 heteroatoms. The first-order chi connectivity index (χ1) is 15.8. The first-order valence-corrected chi connectivity index (χ1v) is 11.8. The Hall–Kier alpha value is -3.76. The third kappa shape index (κ3) is 4.71. The van der Waals surface area contributed by atoms with E-state index in [0.29, 0.717) is 4.88 Å². The Morgan fingerprint density at radius 3 is 2.52 bits per heavy atom. The average molecular weight is 485 g/mol. The summed E-state index contributed by atoms with van der Waals surface area (Å²) in [6, 6.07) is 16.8. The Bertz CT molecular complexity index is 1440. The quantitative estimate of drug-likeness (QED) is 0.377. The highest BCUT2D eigenvalue weighted by Gasteiger charge is 2.20. The van der Waals surface area contributed by atoms with E-state index in [1.165, 1.54) is 48.8 Å². The Kier molecular flexibility index (Phi) is 6.12. The van der Waals surface area contributed by atoms with Gasteiger partial charge in [0.15, 0.2) is 0 Å². The number of methoxy groups -OCH3 is 1. The largest absolute Gasteiger partial charge is 0.495 e. The van der Waals surface area contributed by atoms with Gasteiger partial charge in [0.1, 0.15) is 16.6 Å². The van der Waals surface area contributed by atoms with Crippen molar-refractivity contribution in [3.8, 4) is 26.8 Å². The van der Waals surface area contributed by atoms with Crippen molar-refractivity contribution in [2.24, 2.45) is 0 Å². The van der Waals surface area contributed by atoms with Crippen LogP contribution < -0.4 is 9.46 Å². The highest BCUT2D eigenvalue weighted by Crippen LogP contribution is 2.35. The molecule has 168 valence electrons. The molecule has 0 atom stereocenters. The summed E-state index contributed by atoms with van der Waals surface area (Å²) < 4.78 is 47.9. The predicted molar refractivity (Wildman–Crippen MR) is 124 cm³/mol. The molecule has 7 nitrogen and oxygen atoms in total. The summed E-state index contributed by atoms with van der Waals surface area (Å²) in [4.78, 5) is 15.7. The molecule has 0 aliphatic heterocycles. The Morgan fingerprint density at radius 2 is 1.85 bits per heavy atom. The summed E-state index contributed by atoms with van der Waals surface area (Å²) in [6.07, 6.45) is 1.55. The van der Waals surface area contributed by atoms with Crippen molar-refractivity contribution in [2.75, 3.05) is 11.8 Å². The maximum absolute atomic E-state index is 14.9. The molecule has 0 saturated heterocycles. The zero-order chi connectivity index (χ0) is 23.6. The van der Waals surface area contributed by atoms with Gasteiger partial charge in [-0.1, -0.05) is 30.3 Å². The number of carboxylic acid groups (broad SMARTS) is 1. The number of halogens is 1. The molecule has 0 fully saturated rings. The van der Waals surface area contributed by atoms with Gasteiger partial charge in [-0.05, 0) is 36.4 Å². The van der Waals surface area contributed by atoms with E-state index in [4.69, 9.17) is 9.84 Å². The lowest BCUT2D eigenvalue weighted by Crippen LogP contribution is -2.14. The Labute approximate surface area is 193 Å². The van der Waals surface area contributed by atoms with E-state index in [-0.39, 0.29) is 27.5 Å². The molecule has 0 aliphatic carbocycles. The number of aromatic nitrogens is 1. The summed E-state index contributed by atoms with van der Waals surface area (Å²) in [5.41, 5.74) is 1.10. The molecule has 33 heavy (non-hydrogen) atoms. The van der Waals surface area contributed by atoms with Crippen LogP contribution in [0.5, 0.6) is 5.75 Å². The SMILES string of the molecule is COc1cc(C(=O)O)ccc1NS(=O)(=O)c1ccc(-c2cnc(-c3ccccc3)s2)c(F)c1. The number of hydrogen-bond acceptors (Lipinski definition) is 6. The van der Waals surface area contributed by atoms with Gasteiger partial charge < -0.3 is 9.84 Å². The molecule has 0 radical (unpaired) electrons. The van der Waals surface area contributed by atoms with Gasteiger partial charge in [-0.3, -0.25) is 4.72 Å². The van der Waals surface area contributed by atoms with Crippen LogP contribution in [0.2, 0.25) is 0 Å². The van der Waals surface area contributed by atoms with E-state index in [0.717, 1.165) is 16.6 Å². The lowest BCUT2D eigenvalue weighted by atomic mass is 10.2. The predicted octanol–water partition coefficient (Wildman–Crippen LogP) is 5.12. The van der Waals surface area contributed by atoms with Gasteiger partial charge in [0.2, 0.25) is 0 Å². The van der Waals surface area contributed by atoms with Crippen molar-refractivity contribution >= 4 is 33.0 Å². The highest BCUT2D eigenvalue weighted by molar-refractivity contribution is 7.92. The van der Waals surface area contributed by atoms with Crippen LogP contribution >= 0.6 is 11.3 Å². The van der Waals surface area contributed by atoms with Crippen LogP contribution in [-0.2, 0) is 10.0 Å². The van der Waals surface area contributed by atoms with Crippen molar-refractivity contribution < 1.29 is 27.4 Å². The summed E-state index contributed by atoms with van der Waals surface area (Å²) >= 11 is 1.30. The van der Waals surface area contributed by atoms with E-state index in [2.05, 4.69) is 9.71 Å². The molecule has 2 N–H and O–H groups in total. The zero-order valence-corrected chi connectivity index (χ0v) is 18.8. The number of sulfonamides is 1. The first kappa shape index (κ1) is 22.4. The van der Waals surface area contributed by atoms with Gasteiger partial charge in [0.25, 0.3) is 10.0 Å². The van der Waals surface area contributed by atoms with Crippen molar-refractivity contribution in [1.82, 2.24) is 4.98 Å². The summed E-state index contributed by atoms with van der Waals surface area (Å²) in [5, 5.41) is 9.81.